The monoisotopic (exact) mass is 172 g/mol. The van der Waals surface area contributed by atoms with Crippen LogP contribution in [0.25, 0.3) is 0 Å². The van der Waals surface area contributed by atoms with E-state index in [1.807, 2.05) is 5.38 Å². The van der Waals surface area contributed by atoms with Crippen LogP contribution in [0, 0.1) is 0 Å². The molecule has 0 atom stereocenters. The van der Waals surface area contributed by atoms with Crippen molar-refractivity contribution in [2.24, 2.45) is 0 Å². The normalized spacial score (nSPS) is 9.55. The molecule has 0 bridgehead atoms. The first kappa shape index (κ1) is 8.16. The van der Waals surface area contributed by atoms with Crippen molar-refractivity contribution < 1.29 is 9.90 Å². The van der Waals surface area contributed by atoms with E-state index in [-0.39, 0.29) is 6.61 Å². The van der Waals surface area contributed by atoms with E-state index in [2.05, 4.69) is 10.3 Å². The van der Waals surface area contributed by atoms with Crippen molar-refractivity contribution in [3.63, 3.8) is 0 Å². The zero-order valence-electron chi connectivity index (χ0n) is 5.78. The number of rotatable bonds is 4. The molecule has 0 radical (unpaired) electrons. The van der Waals surface area contributed by atoms with Crippen molar-refractivity contribution in [3.8, 4) is 0 Å². The fourth-order valence-corrected chi connectivity index (χ4v) is 1.36. The van der Waals surface area contributed by atoms with Gasteiger partial charge in [-0.15, -0.1) is 11.3 Å². The van der Waals surface area contributed by atoms with Crippen molar-refractivity contribution in [2.45, 2.75) is 6.42 Å². The number of anilines is 1. The summed E-state index contributed by atoms with van der Waals surface area (Å²) in [5.41, 5.74) is 0.807. The standard InChI is InChI=1S/C6H8N2O2S/c9-2-1-5-3-11-6(8-5)7-4-10/h3-4,9H,1-2H2,(H,7,8,10). The molecule has 0 fully saturated rings. The predicted octanol–water partition coefficient (Wildman–Crippen LogP) is 0.246. The Kier molecular flexibility index (Phi) is 3.00. The molecule has 1 rings (SSSR count). The molecule has 1 amide bonds. The number of hydrogen-bond donors (Lipinski definition) is 2. The summed E-state index contributed by atoms with van der Waals surface area (Å²) >= 11 is 1.35. The molecule has 4 nitrogen and oxygen atoms in total. The van der Waals surface area contributed by atoms with E-state index in [0.29, 0.717) is 18.0 Å². The molecule has 0 saturated carbocycles. The summed E-state index contributed by atoms with van der Waals surface area (Å²) in [6.07, 6.45) is 1.12. The average molecular weight is 172 g/mol. The highest BCUT2D eigenvalue weighted by Gasteiger charge is 1.98. The van der Waals surface area contributed by atoms with Crippen LogP contribution in [-0.2, 0) is 11.2 Å². The predicted molar refractivity (Wildman–Crippen MR) is 42.6 cm³/mol. The Bertz CT molecular complexity index is 236. The van der Waals surface area contributed by atoms with Crippen LogP contribution in [0.1, 0.15) is 5.69 Å². The first-order chi connectivity index (χ1) is 5.36. The Balaban J connectivity index is 2.57. The van der Waals surface area contributed by atoms with Crippen LogP contribution in [0.3, 0.4) is 0 Å². The van der Waals surface area contributed by atoms with Gasteiger partial charge in [-0.3, -0.25) is 4.79 Å². The van der Waals surface area contributed by atoms with Crippen LogP contribution in [0.5, 0.6) is 0 Å². The summed E-state index contributed by atoms with van der Waals surface area (Å²) in [5.74, 6) is 0. The molecule has 0 aromatic carbocycles. The largest absolute Gasteiger partial charge is 0.396 e. The van der Waals surface area contributed by atoms with Gasteiger partial charge >= 0.3 is 0 Å². The molecule has 0 aliphatic carbocycles. The molecule has 2 N–H and O–H groups in total. The maximum Gasteiger partial charge on any atom is 0.213 e. The zero-order chi connectivity index (χ0) is 8.10. The first-order valence-corrected chi connectivity index (χ1v) is 4.00. The molecule has 0 aliphatic rings. The van der Waals surface area contributed by atoms with Crippen molar-refractivity contribution in [1.29, 1.82) is 0 Å². The van der Waals surface area contributed by atoms with Crippen LogP contribution in [0.4, 0.5) is 5.13 Å². The SMILES string of the molecule is O=CNc1nc(CCO)cs1. The van der Waals surface area contributed by atoms with E-state index in [1.165, 1.54) is 11.3 Å². The molecule has 0 unspecified atom stereocenters. The molecule has 1 heterocycles. The second-order valence-corrected chi connectivity index (χ2v) is 2.74. The minimum Gasteiger partial charge on any atom is -0.396 e. The molecule has 60 valence electrons. The summed E-state index contributed by atoms with van der Waals surface area (Å²) < 4.78 is 0. The average Bonchev–Trinajstić information content (AvgIpc) is 2.38. The minimum atomic E-state index is 0.0876. The number of aliphatic hydroxyl groups excluding tert-OH is 1. The van der Waals surface area contributed by atoms with Gasteiger partial charge in [0.25, 0.3) is 0 Å². The topological polar surface area (TPSA) is 62.2 Å². The van der Waals surface area contributed by atoms with Gasteiger partial charge in [0.05, 0.1) is 5.69 Å². The maximum atomic E-state index is 9.95. The number of amides is 1. The van der Waals surface area contributed by atoms with Gasteiger partial charge in [0.15, 0.2) is 5.13 Å². The smallest absolute Gasteiger partial charge is 0.213 e. The minimum absolute atomic E-state index is 0.0876. The lowest BCUT2D eigenvalue weighted by Crippen LogP contribution is -1.94. The highest BCUT2D eigenvalue weighted by Crippen LogP contribution is 2.14. The fraction of sp³-hybridized carbons (Fsp3) is 0.333. The Morgan fingerprint density at radius 1 is 1.82 bits per heavy atom. The molecular weight excluding hydrogens is 164 g/mol. The highest BCUT2D eigenvalue weighted by molar-refractivity contribution is 7.13. The van der Waals surface area contributed by atoms with E-state index in [1.54, 1.807) is 0 Å². The Hall–Kier alpha value is -0.940. The molecule has 1 aromatic heterocycles. The molecule has 0 aliphatic heterocycles. The summed E-state index contributed by atoms with van der Waals surface area (Å²) in [6.45, 7) is 0.0876. The van der Waals surface area contributed by atoms with E-state index in [4.69, 9.17) is 5.11 Å². The van der Waals surface area contributed by atoms with Crippen LogP contribution in [0.15, 0.2) is 5.38 Å². The van der Waals surface area contributed by atoms with Crippen LogP contribution in [-0.4, -0.2) is 23.1 Å². The molecule has 11 heavy (non-hydrogen) atoms. The second kappa shape index (κ2) is 4.05. The highest BCUT2D eigenvalue weighted by atomic mass is 32.1. The van der Waals surface area contributed by atoms with Gasteiger partial charge in [-0.2, -0.15) is 0 Å². The second-order valence-electron chi connectivity index (χ2n) is 1.88. The molecule has 0 spiro atoms. The zero-order valence-corrected chi connectivity index (χ0v) is 6.60. The van der Waals surface area contributed by atoms with Gasteiger partial charge in [0.1, 0.15) is 0 Å². The number of aromatic nitrogens is 1. The van der Waals surface area contributed by atoms with Gasteiger partial charge < -0.3 is 10.4 Å². The van der Waals surface area contributed by atoms with Crippen molar-refractivity contribution in [3.05, 3.63) is 11.1 Å². The number of thiazole rings is 1. The lowest BCUT2D eigenvalue weighted by atomic mass is 10.4. The van der Waals surface area contributed by atoms with Gasteiger partial charge in [0.2, 0.25) is 6.41 Å². The van der Waals surface area contributed by atoms with Gasteiger partial charge in [-0.05, 0) is 0 Å². The molecule has 1 aromatic rings. The fourth-order valence-electron chi connectivity index (χ4n) is 0.653. The number of nitrogens with one attached hydrogen (secondary N) is 1. The first-order valence-electron chi connectivity index (χ1n) is 3.12. The summed E-state index contributed by atoms with van der Waals surface area (Å²) in [6, 6.07) is 0. The summed E-state index contributed by atoms with van der Waals surface area (Å²) in [5, 5.41) is 13.3. The van der Waals surface area contributed by atoms with Crippen LogP contribution < -0.4 is 5.32 Å². The number of carbonyl (C=O) groups is 1. The Labute approximate surface area is 67.9 Å². The lowest BCUT2D eigenvalue weighted by Gasteiger charge is -1.88. The Morgan fingerprint density at radius 3 is 3.27 bits per heavy atom. The van der Waals surface area contributed by atoms with Gasteiger partial charge in [-0.25, -0.2) is 4.98 Å². The molecule has 5 heteroatoms. The number of aliphatic hydroxyl groups is 1. The van der Waals surface area contributed by atoms with E-state index in [9.17, 15) is 4.79 Å². The van der Waals surface area contributed by atoms with Crippen LogP contribution in [0.2, 0.25) is 0 Å². The van der Waals surface area contributed by atoms with Crippen molar-refractivity contribution in [1.82, 2.24) is 4.98 Å². The van der Waals surface area contributed by atoms with Gasteiger partial charge in [-0.1, -0.05) is 0 Å². The third-order valence-electron chi connectivity index (χ3n) is 1.10. The number of nitrogens with zero attached hydrogens (tertiary/aromatic N) is 1. The van der Waals surface area contributed by atoms with Crippen molar-refractivity contribution in [2.75, 3.05) is 11.9 Å². The number of carbonyl (C=O) groups excluding carboxylic acids is 1. The lowest BCUT2D eigenvalue weighted by molar-refractivity contribution is -0.105. The third kappa shape index (κ3) is 2.28. The van der Waals surface area contributed by atoms with E-state index < -0.39 is 0 Å². The maximum absolute atomic E-state index is 9.95. The van der Waals surface area contributed by atoms with Crippen LogP contribution >= 0.6 is 11.3 Å². The van der Waals surface area contributed by atoms with Crippen molar-refractivity contribution >= 4 is 22.9 Å². The quantitative estimate of drug-likeness (QED) is 0.640. The van der Waals surface area contributed by atoms with E-state index in [0.717, 1.165) is 5.69 Å². The summed E-state index contributed by atoms with van der Waals surface area (Å²) in [4.78, 5) is 14.0. The third-order valence-corrected chi connectivity index (χ3v) is 1.92. The van der Waals surface area contributed by atoms with E-state index >= 15 is 0 Å². The summed E-state index contributed by atoms with van der Waals surface area (Å²) in [7, 11) is 0. The molecule has 0 saturated heterocycles. The molecular formula is C6H8N2O2S. The van der Waals surface area contributed by atoms with Gasteiger partial charge in [0, 0.05) is 18.4 Å². The number of hydrogen-bond acceptors (Lipinski definition) is 4. The Morgan fingerprint density at radius 2 is 2.64 bits per heavy atom.